The zero-order valence-corrected chi connectivity index (χ0v) is 31.9. The Kier molecular flexibility index (Phi) is 6.60. The topological polar surface area (TPSA) is 31.2 Å². The molecule has 0 radical (unpaired) electrons. The summed E-state index contributed by atoms with van der Waals surface area (Å²) in [6, 6.07) is 67.9. The molecule has 3 nitrogen and oxygen atoms in total. The SMILES string of the molecule is c1ccc2c(c1)oc1cccc(-c3ccc(-n4c5ccc(-c6cccc7oc8ccccc8c67)cc5c5cc(-c6cccc7sc8ccccc8c67)ccc54)cc3)c12. The van der Waals surface area contributed by atoms with E-state index in [9.17, 15) is 0 Å². The lowest BCUT2D eigenvalue weighted by molar-refractivity contribution is 0.668. The molecular formula is C54H31NO2S. The van der Waals surface area contributed by atoms with Crippen LogP contribution in [0.3, 0.4) is 0 Å². The van der Waals surface area contributed by atoms with Gasteiger partial charge in [0, 0.05) is 58.2 Å². The molecule has 0 atom stereocenters. The summed E-state index contributed by atoms with van der Waals surface area (Å²) in [6.07, 6.45) is 0. The molecule has 270 valence electrons. The molecule has 0 bridgehead atoms. The van der Waals surface area contributed by atoms with E-state index in [1.54, 1.807) is 0 Å². The minimum atomic E-state index is 0.902. The highest BCUT2D eigenvalue weighted by Crippen LogP contribution is 2.44. The van der Waals surface area contributed by atoms with Gasteiger partial charge in [0.15, 0.2) is 0 Å². The van der Waals surface area contributed by atoms with Crippen LogP contribution < -0.4 is 0 Å². The fourth-order valence-corrected chi connectivity index (χ4v) is 10.6. The molecule has 0 aliphatic heterocycles. The Morgan fingerprint density at radius 3 is 1.41 bits per heavy atom. The average Bonchev–Trinajstić information content (AvgIpc) is 4.05. The summed E-state index contributed by atoms with van der Waals surface area (Å²) in [5.41, 5.74) is 14.2. The van der Waals surface area contributed by atoms with Gasteiger partial charge in [-0.1, -0.05) is 115 Å². The van der Waals surface area contributed by atoms with E-state index in [2.05, 4.69) is 174 Å². The van der Waals surface area contributed by atoms with Crippen LogP contribution >= 0.6 is 11.3 Å². The molecule has 0 fully saturated rings. The number of hydrogen-bond donors (Lipinski definition) is 0. The molecule has 0 spiro atoms. The minimum Gasteiger partial charge on any atom is -0.456 e. The van der Waals surface area contributed by atoms with Crippen LogP contribution in [-0.4, -0.2) is 4.57 Å². The number of aromatic nitrogens is 1. The zero-order valence-electron chi connectivity index (χ0n) is 31.1. The summed E-state index contributed by atoms with van der Waals surface area (Å²) in [5, 5.41) is 9.62. The summed E-state index contributed by atoms with van der Waals surface area (Å²) in [6.45, 7) is 0. The van der Waals surface area contributed by atoms with Crippen LogP contribution in [0.1, 0.15) is 0 Å². The van der Waals surface area contributed by atoms with Crippen LogP contribution in [0, 0.1) is 0 Å². The van der Waals surface area contributed by atoms with Gasteiger partial charge in [0.1, 0.15) is 22.3 Å². The van der Waals surface area contributed by atoms with Crippen LogP contribution in [0.5, 0.6) is 0 Å². The van der Waals surface area contributed by atoms with Crippen molar-refractivity contribution < 1.29 is 8.83 Å². The normalized spacial score (nSPS) is 12.1. The molecule has 0 N–H and O–H groups in total. The molecule has 9 aromatic carbocycles. The maximum absolute atomic E-state index is 6.33. The van der Waals surface area contributed by atoms with E-state index in [0.29, 0.717) is 0 Å². The van der Waals surface area contributed by atoms with Crippen molar-refractivity contribution in [1.29, 1.82) is 0 Å². The summed E-state index contributed by atoms with van der Waals surface area (Å²) in [4.78, 5) is 0. The van der Waals surface area contributed by atoms with Gasteiger partial charge in [-0.05, 0) is 106 Å². The smallest absolute Gasteiger partial charge is 0.136 e. The van der Waals surface area contributed by atoms with Gasteiger partial charge >= 0.3 is 0 Å². The van der Waals surface area contributed by atoms with E-state index < -0.39 is 0 Å². The standard InChI is InChI=1S/C54H31NO2S/c1-4-16-46-39(10-1)52-36(13-7-18-48(52)56-46)32-22-26-35(27-23-32)55-44-28-24-33(37-14-8-19-49-53(37)40-11-2-5-17-47(40)57-49)30-42(44)43-31-34(25-29-45(43)55)38-15-9-21-51-54(38)41-12-3-6-20-50(41)58-51/h1-31H. The van der Waals surface area contributed by atoms with Gasteiger partial charge in [-0.15, -0.1) is 11.3 Å². The molecular weight excluding hydrogens is 727 g/mol. The molecule has 4 aromatic heterocycles. The quantitative estimate of drug-likeness (QED) is 0.179. The molecule has 0 unspecified atom stereocenters. The van der Waals surface area contributed by atoms with Crippen LogP contribution in [0.4, 0.5) is 0 Å². The number of nitrogens with zero attached hydrogens (tertiary/aromatic N) is 1. The van der Waals surface area contributed by atoms with Crippen molar-refractivity contribution in [2.45, 2.75) is 0 Å². The third kappa shape index (κ3) is 4.55. The van der Waals surface area contributed by atoms with Gasteiger partial charge < -0.3 is 13.4 Å². The second-order valence-electron chi connectivity index (χ2n) is 15.2. The van der Waals surface area contributed by atoms with Gasteiger partial charge in [-0.25, -0.2) is 0 Å². The summed E-state index contributed by atoms with van der Waals surface area (Å²) < 4.78 is 17.6. The third-order valence-corrected chi connectivity index (χ3v) is 13.2. The largest absolute Gasteiger partial charge is 0.456 e. The van der Waals surface area contributed by atoms with E-state index in [0.717, 1.165) is 66.2 Å². The van der Waals surface area contributed by atoms with E-state index in [1.165, 1.54) is 58.7 Å². The van der Waals surface area contributed by atoms with Crippen LogP contribution in [0.15, 0.2) is 197 Å². The van der Waals surface area contributed by atoms with E-state index in [4.69, 9.17) is 8.83 Å². The van der Waals surface area contributed by atoms with Crippen LogP contribution in [0.25, 0.3) is 125 Å². The second-order valence-corrected chi connectivity index (χ2v) is 16.3. The number of fused-ring (bicyclic) bond motifs is 12. The second kappa shape index (κ2) is 12.1. The maximum Gasteiger partial charge on any atom is 0.136 e. The van der Waals surface area contributed by atoms with Crippen LogP contribution in [0.2, 0.25) is 0 Å². The molecule has 0 amide bonds. The minimum absolute atomic E-state index is 0.902. The lowest BCUT2D eigenvalue weighted by Gasteiger charge is -2.11. The number of hydrogen-bond acceptors (Lipinski definition) is 3. The molecule has 4 heteroatoms. The first-order valence-electron chi connectivity index (χ1n) is 19.7. The summed E-state index contributed by atoms with van der Waals surface area (Å²) >= 11 is 1.86. The number of thiophene rings is 1. The monoisotopic (exact) mass is 757 g/mol. The molecule has 13 aromatic rings. The van der Waals surface area contributed by atoms with Crippen molar-refractivity contribution in [2.24, 2.45) is 0 Å². The fourth-order valence-electron chi connectivity index (χ4n) is 9.47. The highest BCUT2D eigenvalue weighted by molar-refractivity contribution is 7.25. The molecule has 0 saturated carbocycles. The van der Waals surface area contributed by atoms with E-state index in [1.807, 2.05) is 29.5 Å². The van der Waals surface area contributed by atoms with Crippen molar-refractivity contribution in [3.05, 3.63) is 188 Å². The molecule has 0 aliphatic carbocycles. The first-order chi connectivity index (χ1) is 28.7. The van der Waals surface area contributed by atoms with Gasteiger partial charge in [0.05, 0.1) is 11.0 Å². The zero-order chi connectivity index (χ0) is 37.9. The first-order valence-corrected chi connectivity index (χ1v) is 20.5. The highest BCUT2D eigenvalue weighted by Gasteiger charge is 2.19. The van der Waals surface area contributed by atoms with Crippen molar-refractivity contribution in [3.8, 4) is 39.1 Å². The lowest BCUT2D eigenvalue weighted by Crippen LogP contribution is -1.94. The van der Waals surface area contributed by atoms with Gasteiger partial charge in [-0.2, -0.15) is 0 Å². The molecule has 4 heterocycles. The predicted octanol–water partition coefficient (Wildman–Crippen LogP) is 16.0. The fraction of sp³-hybridized carbons (Fsp3) is 0. The Balaban J connectivity index is 1.04. The Bertz CT molecular complexity index is 3630. The number of benzene rings is 9. The van der Waals surface area contributed by atoms with Crippen molar-refractivity contribution in [1.82, 2.24) is 4.57 Å². The van der Waals surface area contributed by atoms with Crippen molar-refractivity contribution in [2.75, 3.05) is 0 Å². The van der Waals surface area contributed by atoms with Crippen molar-refractivity contribution >= 4 is 97.2 Å². The summed E-state index contributed by atoms with van der Waals surface area (Å²) in [5.74, 6) is 0. The summed E-state index contributed by atoms with van der Waals surface area (Å²) in [7, 11) is 0. The Hall–Kier alpha value is -7.40. The maximum atomic E-state index is 6.33. The van der Waals surface area contributed by atoms with Crippen LogP contribution in [-0.2, 0) is 0 Å². The van der Waals surface area contributed by atoms with Crippen molar-refractivity contribution in [3.63, 3.8) is 0 Å². The predicted molar refractivity (Wildman–Crippen MR) is 245 cm³/mol. The van der Waals surface area contributed by atoms with Gasteiger partial charge in [0.25, 0.3) is 0 Å². The molecule has 13 rings (SSSR count). The van der Waals surface area contributed by atoms with E-state index in [-0.39, 0.29) is 0 Å². The van der Waals surface area contributed by atoms with Gasteiger partial charge in [0.2, 0.25) is 0 Å². The number of furan rings is 2. The lowest BCUT2D eigenvalue weighted by atomic mass is 9.96. The van der Waals surface area contributed by atoms with E-state index >= 15 is 0 Å². The third-order valence-electron chi connectivity index (χ3n) is 12.0. The Morgan fingerprint density at radius 2 is 0.793 bits per heavy atom. The Labute approximate surface area is 336 Å². The Morgan fingerprint density at radius 1 is 0.328 bits per heavy atom. The number of rotatable bonds is 4. The molecule has 0 saturated heterocycles. The molecule has 0 aliphatic rings. The first kappa shape index (κ1) is 31.8. The average molecular weight is 758 g/mol. The molecule has 58 heavy (non-hydrogen) atoms. The number of para-hydroxylation sites is 2. The van der Waals surface area contributed by atoms with Gasteiger partial charge in [-0.3, -0.25) is 0 Å². The highest BCUT2D eigenvalue weighted by atomic mass is 32.1.